The minimum absolute atomic E-state index is 0.0120. The fourth-order valence-electron chi connectivity index (χ4n) is 4.15. The van der Waals surface area contributed by atoms with E-state index in [9.17, 15) is 4.79 Å². The number of carbonyl (C=O) groups is 1. The van der Waals surface area contributed by atoms with Crippen LogP contribution in [0.3, 0.4) is 0 Å². The number of carbonyl (C=O) groups excluding carboxylic acids is 1. The average Bonchev–Trinajstić information content (AvgIpc) is 2.82. The van der Waals surface area contributed by atoms with Crippen molar-refractivity contribution in [2.45, 2.75) is 59.8 Å². The van der Waals surface area contributed by atoms with Crippen LogP contribution in [0.1, 0.15) is 73.0 Å². The van der Waals surface area contributed by atoms with Crippen molar-refractivity contribution in [2.24, 2.45) is 10.9 Å². The Morgan fingerprint density at radius 1 is 1.06 bits per heavy atom. The second-order valence-corrected chi connectivity index (χ2v) is 9.24. The lowest BCUT2D eigenvalue weighted by molar-refractivity contribution is 0.0943. The van der Waals surface area contributed by atoms with Crippen molar-refractivity contribution in [3.8, 4) is 0 Å². The molecule has 0 atom stereocenters. The Balaban J connectivity index is 1.58. The zero-order valence-electron chi connectivity index (χ0n) is 20.5. The van der Waals surface area contributed by atoms with Crippen LogP contribution < -0.4 is 10.6 Å². The van der Waals surface area contributed by atoms with Gasteiger partial charge in [-0.15, -0.1) is 0 Å². The molecular formula is C29H37N3O. The molecule has 0 spiro atoms. The van der Waals surface area contributed by atoms with Crippen molar-refractivity contribution in [3.63, 3.8) is 0 Å². The number of amides is 1. The van der Waals surface area contributed by atoms with Crippen LogP contribution in [-0.2, 0) is 0 Å². The Morgan fingerprint density at radius 3 is 2.42 bits per heavy atom. The number of allylic oxidation sites excluding steroid dienone is 2. The minimum atomic E-state index is 0.0120. The molecule has 0 radical (unpaired) electrons. The molecule has 0 saturated heterocycles. The third kappa shape index (κ3) is 7.18. The number of benzene rings is 2. The number of aryl methyl sites for hydroxylation is 2. The maximum atomic E-state index is 12.7. The molecule has 174 valence electrons. The minimum Gasteiger partial charge on any atom is -0.355 e. The van der Waals surface area contributed by atoms with Crippen LogP contribution in [0, 0.1) is 19.8 Å². The van der Waals surface area contributed by atoms with Gasteiger partial charge >= 0.3 is 0 Å². The predicted octanol–water partition coefficient (Wildman–Crippen LogP) is 7.06. The summed E-state index contributed by atoms with van der Waals surface area (Å²) in [7, 11) is 0. The van der Waals surface area contributed by atoms with Crippen molar-refractivity contribution >= 4 is 22.9 Å². The van der Waals surface area contributed by atoms with E-state index in [-0.39, 0.29) is 5.91 Å². The SMILES string of the molecule is C=C(Nc1ccc(C(=O)NCC2CCCCC2)c(C)c1)/C(C)=N/C=C(\C)c1ccc(C)cc1. The number of anilines is 1. The van der Waals surface area contributed by atoms with Gasteiger partial charge in [0.15, 0.2) is 0 Å². The van der Waals surface area contributed by atoms with Gasteiger partial charge in [-0.25, -0.2) is 0 Å². The zero-order valence-corrected chi connectivity index (χ0v) is 20.5. The maximum Gasteiger partial charge on any atom is 0.251 e. The predicted molar refractivity (Wildman–Crippen MR) is 141 cm³/mol. The lowest BCUT2D eigenvalue weighted by Gasteiger charge is -2.22. The van der Waals surface area contributed by atoms with E-state index in [1.807, 2.05) is 38.2 Å². The highest BCUT2D eigenvalue weighted by Crippen LogP contribution is 2.23. The van der Waals surface area contributed by atoms with Gasteiger partial charge in [0, 0.05) is 24.0 Å². The van der Waals surface area contributed by atoms with Crippen LogP contribution in [0.2, 0.25) is 0 Å². The second kappa shape index (κ2) is 11.6. The summed E-state index contributed by atoms with van der Waals surface area (Å²) in [5.74, 6) is 0.635. The van der Waals surface area contributed by atoms with Crippen molar-refractivity contribution in [2.75, 3.05) is 11.9 Å². The van der Waals surface area contributed by atoms with Gasteiger partial charge in [0.2, 0.25) is 0 Å². The summed E-state index contributed by atoms with van der Waals surface area (Å²) in [6.45, 7) is 13.0. The topological polar surface area (TPSA) is 53.5 Å². The molecule has 2 N–H and O–H groups in total. The summed E-state index contributed by atoms with van der Waals surface area (Å²) in [5, 5.41) is 6.45. The number of aliphatic imine (C=N–C) groups is 1. The van der Waals surface area contributed by atoms with Gasteiger partial charge in [-0.2, -0.15) is 0 Å². The maximum absolute atomic E-state index is 12.7. The quantitative estimate of drug-likeness (QED) is 0.429. The van der Waals surface area contributed by atoms with Gasteiger partial charge in [-0.3, -0.25) is 9.79 Å². The van der Waals surface area contributed by atoms with E-state index >= 15 is 0 Å². The first-order chi connectivity index (χ1) is 15.8. The highest BCUT2D eigenvalue weighted by molar-refractivity contribution is 6.01. The van der Waals surface area contributed by atoms with Gasteiger partial charge in [0.1, 0.15) is 0 Å². The molecule has 4 heteroatoms. The van der Waals surface area contributed by atoms with E-state index in [4.69, 9.17) is 0 Å². The lowest BCUT2D eigenvalue weighted by Crippen LogP contribution is -2.30. The Bertz CT molecular complexity index is 1040. The summed E-state index contributed by atoms with van der Waals surface area (Å²) < 4.78 is 0. The fourth-order valence-corrected chi connectivity index (χ4v) is 4.15. The van der Waals surface area contributed by atoms with Gasteiger partial charge in [0.25, 0.3) is 5.91 Å². The standard InChI is InChI=1S/C29H37N3O/c1-20-11-13-26(14-12-20)22(3)18-30-23(4)24(5)32-27-15-16-28(21(2)17-27)29(33)31-19-25-9-7-6-8-10-25/h11-18,25,32H,5-10,19H2,1-4H3,(H,31,33)/b22-18+,30-23+. The molecule has 0 aromatic heterocycles. The van der Waals surface area contributed by atoms with E-state index in [0.29, 0.717) is 5.92 Å². The first-order valence-electron chi connectivity index (χ1n) is 12.0. The molecule has 3 rings (SSSR count). The first kappa shape index (κ1) is 24.5. The zero-order chi connectivity index (χ0) is 23.8. The first-order valence-corrected chi connectivity index (χ1v) is 12.0. The van der Waals surface area contributed by atoms with Crippen molar-refractivity contribution in [3.05, 3.63) is 83.2 Å². The lowest BCUT2D eigenvalue weighted by atomic mass is 9.89. The molecule has 2 aromatic carbocycles. The second-order valence-electron chi connectivity index (χ2n) is 9.24. The Hall–Kier alpha value is -3.14. The molecule has 0 aliphatic heterocycles. The van der Waals surface area contributed by atoms with E-state index < -0.39 is 0 Å². The third-order valence-electron chi connectivity index (χ3n) is 6.44. The summed E-state index contributed by atoms with van der Waals surface area (Å²) in [5.41, 5.74) is 7.61. The molecule has 1 amide bonds. The third-order valence-corrected chi connectivity index (χ3v) is 6.44. The normalized spacial score (nSPS) is 15.3. The smallest absolute Gasteiger partial charge is 0.251 e. The number of nitrogens with zero attached hydrogens (tertiary/aromatic N) is 1. The van der Waals surface area contributed by atoms with Crippen molar-refractivity contribution < 1.29 is 4.79 Å². The molecule has 33 heavy (non-hydrogen) atoms. The molecular weight excluding hydrogens is 406 g/mol. The highest BCUT2D eigenvalue weighted by Gasteiger charge is 2.16. The monoisotopic (exact) mass is 443 g/mol. The molecule has 0 bridgehead atoms. The Morgan fingerprint density at radius 2 is 1.76 bits per heavy atom. The van der Waals surface area contributed by atoms with Crippen LogP contribution in [0.15, 0.2) is 65.9 Å². The van der Waals surface area contributed by atoms with Crippen LogP contribution in [-0.4, -0.2) is 18.2 Å². The van der Waals surface area contributed by atoms with E-state index in [1.165, 1.54) is 37.7 Å². The Kier molecular flexibility index (Phi) is 8.65. The molecule has 0 heterocycles. The average molecular weight is 444 g/mol. The van der Waals surface area contributed by atoms with E-state index in [2.05, 4.69) is 60.3 Å². The largest absolute Gasteiger partial charge is 0.355 e. The summed E-state index contributed by atoms with van der Waals surface area (Å²) >= 11 is 0. The molecule has 4 nitrogen and oxygen atoms in total. The van der Waals surface area contributed by atoms with Crippen LogP contribution in [0.4, 0.5) is 5.69 Å². The van der Waals surface area contributed by atoms with Crippen molar-refractivity contribution in [1.29, 1.82) is 0 Å². The van der Waals surface area contributed by atoms with Crippen molar-refractivity contribution in [1.82, 2.24) is 5.32 Å². The molecule has 1 aliphatic carbocycles. The number of hydrogen-bond acceptors (Lipinski definition) is 3. The Labute approximate surface area is 198 Å². The fraction of sp³-hybridized carbons (Fsp3) is 0.379. The number of rotatable bonds is 8. The van der Waals surface area contributed by atoms with Crippen LogP contribution in [0.25, 0.3) is 5.57 Å². The molecule has 1 saturated carbocycles. The molecule has 1 fully saturated rings. The van der Waals surface area contributed by atoms with Crippen LogP contribution in [0.5, 0.6) is 0 Å². The van der Waals surface area contributed by atoms with Gasteiger partial charge in [0.05, 0.1) is 11.4 Å². The summed E-state index contributed by atoms with van der Waals surface area (Å²) in [6.07, 6.45) is 8.23. The molecule has 0 unspecified atom stereocenters. The number of hydrogen-bond donors (Lipinski definition) is 2. The van der Waals surface area contributed by atoms with Gasteiger partial charge in [-0.1, -0.05) is 55.7 Å². The highest BCUT2D eigenvalue weighted by atomic mass is 16.1. The van der Waals surface area contributed by atoms with E-state index in [0.717, 1.165) is 45.9 Å². The van der Waals surface area contributed by atoms with E-state index in [1.54, 1.807) is 0 Å². The van der Waals surface area contributed by atoms with Crippen LogP contribution >= 0.6 is 0 Å². The molecule has 1 aliphatic rings. The van der Waals surface area contributed by atoms with Gasteiger partial charge in [-0.05, 0) is 81.4 Å². The summed E-state index contributed by atoms with van der Waals surface area (Å²) in [4.78, 5) is 17.2. The molecule has 2 aromatic rings. The number of nitrogens with one attached hydrogen (secondary N) is 2. The van der Waals surface area contributed by atoms with Gasteiger partial charge < -0.3 is 10.6 Å². The summed E-state index contributed by atoms with van der Waals surface area (Å²) in [6, 6.07) is 14.2.